The van der Waals surface area contributed by atoms with Gasteiger partial charge in [-0.05, 0) is 112 Å². The van der Waals surface area contributed by atoms with E-state index in [2.05, 4.69) is 223 Å². The molecular formula is C62H45N3. The van der Waals surface area contributed by atoms with E-state index in [0.717, 1.165) is 58.6 Å². The Hall–Kier alpha value is -8.14. The zero-order valence-electron chi connectivity index (χ0n) is 36.0. The summed E-state index contributed by atoms with van der Waals surface area (Å²) in [5, 5.41) is 2.47. The summed E-state index contributed by atoms with van der Waals surface area (Å²) >= 11 is 0. The second kappa shape index (κ2) is 16.5. The molecule has 2 heterocycles. The van der Waals surface area contributed by atoms with Crippen molar-refractivity contribution in [2.24, 2.45) is 0 Å². The molecule has 0 bridgehead atoms. The van der Waals surface area contributed by atoms with Gasteiger partial charge in [-0.15, -0.1) is 0 Å². The van der Waals surface area contributed by atoms with E-state index in [9.17, 15) is 0 Å². The number of aromatic nitrogens is 3. The predicted octanol–water partition coefficient (Wildman–Crippen LogP) is 15.8. The fraction of sp³-hybridized carbons (Fsp3) is 0.0645. The minimum Gasteiger partial charge on any atom is -0.309 e. The average Bonchev–Trinajstić information content (AvgIpc) is 3.73. The molecule has 3 nitrogen and oxygen atoms in total. The van der Waals surface area contributed by atoms with Crippen LogP contribution in [0.4, 0.5) is 0 Å². The number of hydrogen-bond acceptors (Lipinski definition) is 2. The average molecular weight is 832 g/mol. The van der Waals surface area contributed by atoms with E-state index < -0.39 is 0 Å². The standard InChI is InChI=1S/C62H45N3/c1-4-16-42(17-5-1)30-31-50-38-49-22-10-11-25-52(49)56-40-48(36-37-53(50)56)47-23-14-24-51(39-47)65-59-28-13-12-26-55(59)61-54(27-15-29-60(61)65)43-32-34-46(35-33-43)62-63-57(44-18-6-2-7-19-44)41-58(64-62)45-20-8-3-9-21-45/h1-29,32-37,39-41,50H,30-31,38H2. The third-order valence-corrected chi connectivity index (χ3v) is 13.3. The minimum atomic E-state index is 0.482. The van der Waals surface area contributed by atoms with Crippen LogP contribution in [0.5, 0.6) is 0 Å². The van der Waals surface area contributed by atoms with Crippen LogP contribution < -0.4 is 0 Å². The number of fused-ring (bicyclic) bond motifs is 6. The topological polar surface area (TPSA) is 30.7 Å². The smallest absolute Gasteiger partial charge is 0.160 e. The van der Waals surface area contributed by atoms with E-state index in [-0.39, 0.29) is 0 Å². The van der Waals surface area contributed by atoms with Crippen molar-refractivity contribution >= 4 is 21.8 Å². The van der Waals surface area contributed by atoms with Gasteiger partial charge in [-0.1, -0.05) is 194 Å². The fourth-order valence-electron chi connectivity index (χ4n) is 10.2. The van der Waals surface area contributed by atoms with Gasteiger partial charge in [-0.3, -0.25) is 0 Å². The summed E-state index contributed by atoms with van der Waals surface area (Å²) in [6.45, 7) is 0. The van der Waals surface area contributed by atoms with Crippen LogP contribution in [0.1, 0.15) is 29.0 Å². The molecule has 0 radical (unpaired) electrons. The maximum atomic E-state index is 5.10. The second-order valence-electron chi connectivity index (χ2n) is 17.3. The first-order valence-corrected chi connectivity index (χ1v) is 22.7. The van der Waals surface area contributed by atoms with Crippen molar-refractivity contribution in [2.75, 3.05) is 0 Å². The van der Waals surface area contributed by atoms with Crippen molar-refractivity contribution in [3.63, 3.8) is 0 Å². The molecule has 1 atom stereocenters. The Labute approximate surface area is 380 Å². The first-order valence-electron chi connectivity index (χ1n) is 22.7. The Morgan fingerprint density at radius 2 is 1.00 bits per heavy atom. The van der Waals surface area contributed by atoms with Gasteiger partial charge in [0, 0.05) is 33.2 Å². The second-order valence-corrected chi connectivity index (χ2v) is 17.3. The first-order chi connectivity index (χ1) is 32.2. The molecule has 9 aromatic carbocycles. The quantitative estimate of drug-likeness (QED) is 0.145. The van der Waals surface area contributed by atoms with Gasteiger partial charge in [-0.25, -0.2) is 9.97 Å². The highest BCUT2D eigenvalue weighted by atomic mass is 15.0. The molecule has 12 rings (SSSR count). The van der Waals surface area contributed by atoms with Gasteiger partial charge >= 0.3 is 0 Å². The molecule has 0 saturated carbocycles. The summed E-state index contributed by atoms with van der Waals surface area (Å²) in [7, 11) is 0. The molecule has 2 aromatic heterocycles. The van der Waals surface area contributed by atoms with Crippen LogP contribution in [-0.4, -0.2) is 14.5 Å². The van der Waals surface area contributed by atoms with Gasteiger partial charge in [0.1, 0.15) is 0 Å². The molecule has 0 fully saturated rings. The van der Waals surface area contributed by atoms with E-state index in [4.69, 9.17) is 9.97 Å². The molecule has 1 aliphatic rings. The molecule has 0 aliphatic heterocycles. The van der Waals surface area contributed by atoms with Crippen molar-refractivity contribution in [1.82, 2.24) is 14.5 Å². The van der Waals surface area contributed by atoms with Crippen LogP contribution in [0.15, 0.2) is 231 Å². The number of benzene rings is 9. The van der Waals surface area contributed by atoms with E-state index in [1.54, 1.807) is 0 Å². The van der Waals surface area contributed by atoms with Crippen molar-refractivity contribution in [3.05, 3.63) is 247 Å². The Kier molecular flexibility index (Phi) is 9.80. The first kappa shape index (κ1) is 38.5. The lowest BCUT2D eigenvalue weighted by Crippen LogP contribution is -2.12. The SMILES string of the molecule is c1ccc(CCC2Cc3ccccc3-c3cc(-c4cccc(-n5c6ccccc6c6c(-c7ccc(-c8nc(-c9ccccc9)cc(-c9ccccc9)n8)cc7)cccc65)c4)ccc32)cc1. The molecule has 65 heavy (non-hydrogen) atoms. The van der Waals surface area contributed by atoms with E-state index in [1.165, 1.54) is 66.3 Å². The van der Waals surface area contributed by atoms with E-state index >= 15 is 0 Å². The minimum absolute atomic E-state index is 0.482. The molecule has 308 valence electrons. The van der Waals surface area contributed by atoms with Gasteiger partial charge in [0.15, 0.2) is 5.82 Å². The molecular weight excluding hydrogens is 787 g/mol. The number of nitrogens with zero attached hydrogens (tertiary/aromatic N) is 3. The maximum absolute atomic E-state index is 5.10. The fourth-order valence-corrected chi connectivity index (χ4v) is 10.2. The lowest BCUT2D eigenvalue weighted by atomic mass is 9.76. The predicted molar refractivity (Wildman–Crippen MR) is 270 cm³/mol. The van der Waals surface area contributed by atoms with Crippen molar-refractivity contribution in [2.45, 2.75) is 25.2 Å². The highest BCUT2D eigenvalue weighted by molar-refractivity contribution is 6.15. The Morgan fingerprint density at radius 1 is 0.415 bits per heavy atom. The van der Waals surface area contributed by atoms with Gasteiger partial charge in [0.25, 0.3) is 0 Å². The van der Waals surface area contributed by atoms with Crippen molar-refractivity contribution < 1.29 is 0 Å². The van der Waals surface area contributed by atoms with Crippen molar-refractivity contribution in [3.8, 4) is 73.0 Å². The Balaban J connectivity index is 0.913. The lowest BCUT2D eigenvalue weighted by Gasteiger charge is -2.28. The zero-order valence-corrected chi connectivity index (χ0v) is 36.0. The number of aryl methyl sites for hydroxylation is 1. The highest BCUT2D eigenvalue weighted by Gasteiger charge is 2.25. The monoisotopic (exact) mass is 831 g/mol. The molecule has 11 aromatic rings. The van der Waals surface area contributed by atoms with Crippen LogP contribution in [0, 0.1) is 0 Å². The van der Waals surface area contributed by atoms with Crippen LogP contribution in [0.3, 0.4) is 0 Å². The number of hydrogen-bond donors (Lipinski definition) is 0. The normalized spacial score (nSPS) is 13.1. The van der Waals surface area contributed by atoms with E-state index in [1.807, 2.05) is 12.1 Å². The van der Waals surface area contributed by atoms with Crippen LogP contribution in [0.2, 0.25) is 0 Å². The van der Waals surface area contributed by atoms with Gasteiger partial charge < -0.3 is 4.57 Å². The molecule has 1 aliphatic carbocycles. The molecule has 3 heteroatoms. The Bertz CT molecular complexity index is 3440. The van der Waals surface area contributed by atoms with E-state index in [0.29, 0.717) is 11.7 Å². The Morgan fingerprint density at radius 3 is 1.77 bits per heavy atom. The molecule has 1 unspecified atom stereocenters. The summed E-state index contributed by atoms with van der Waals surface area (Å²) in [6.07, 6.45) is 3.29. The lowest BCUT2D eigenvalue weighted by molar-refractivity contribution is 0.616. The third-order valence-electron chi connectivity index (χ3n) is 13.3. The summed E-state index contributed by atoms with van der Waals surface area (Å²) < 4.78 is 2.44. The molecule has 0 saturated heterocycles. The van der Waals surface area contributed by atoms with Crippen LogP contribution >= 0.6 is 0 Å². The summed E-state index contributed by atoms with van der Waals surface area (Å²) in [6, 6.07) is 83.3. The zero-order chi connectivity index (χ0) is 43.1. The summed E-state index contributed by atoms with van der Waals surface area (Å²) in [5.74, 6) is 1.19. The third kappa shape index (κ3) is 7.22. The van der Waals surface area contributed by atoms with Crippen LogP contribution in [0.25, 0.3) is 94.8 Å². The summed E-state index contributed by atoms with van der Waals surface area (Å²) in [5.41, 5.74) is 20.3. The molecule has 0 amide bonds. The van der Waals surface area contributed by atoms with Gasteiger partial charge in [0.2, 0.25) is 0 Å². The van der Waals surface area contributed by atoms with Gasteiger partial charge in [0.05, 0.1) is 22.4 Å². The van der Waals surface area contributed by atoms with Crippen molar-refractivity contribution in [1.29, 1.82) is 0 Å². The highest BCUT2D eigenvalue weighted by Crippen LogP contribution is 2.44. The van der Waals surface area contributed by atoms with Gasteiger partial charge in [-0.2, -0.15) is 0 Å². The number of para-hydroxylation sites is 1. The van der Waals surface area contributed by atoms with Crippen LogP contribution in [-0.2, 0) is 12.8 Å². The maximum Gasteiger partial charge on any atom is 0.160 e. The molecule has 0 spiro atoms. The largest absolute Gasteiger partial charge is 0.309 e. The summed E-state index contributed by atoms with van der Waals surface area (Å²) in [4.78, 5) is 10.2. The molecule has 0 N–H and O–H groups in total. The number of rotatable bonds is 9.